The highest BCUT2D eigenvalue weighted by Gasteiger charge is 2.42. The second-order valence-corrected chi connectivity index (χ2v) is 17.8. The summed E-state index contributed by atoms with van der Waals surface area (Å²) in [5, 5.41) is 20.3. The molecular weight excluding hydrogens is 504 g/mol. The minimum atomic E-state index is -1.92. The number of hydrogen-bond acceptors (Lipinski definition) is 4. The van der Waals surface area contributed by atoms with Crippen LogP contribution >= 0.6 is 0 Å². The van der Waals surface area contributed by atoms with Crippen LogP contribution in [0.1, 0.15) is 104 Å². The number of carbonyl (C=O) groups is 1. The first kappa shape index (κ1) is 33.7. The molecule has 222 valence electrons. The van der Waals surface area contributed by atoms with Gasteiger partial charge in [-0.3, -0.25) is 4.79 Å². The molecule has 1 saturated carbocycles. The highest BCUT2D eigenvalue weighted by molar-refractivity contribution is 6.74. The molecule has 5 nitrogen and oxygen atoms in total. The summed E-state index contributed by atoms with van der Waals surface area (Å²) >= 11 is 0. The van der Waals surface area contributed by atoms with E-state index in [-0.39, 0.29) is 35.5 Å². The maximum absolute atomic E-state index is 11.2. The molecule has 1 fully saturated rings. The van der Waals surface area contributed by atoms with Crippen molar-refractivity contribution in [2.45, 2.75) is 141 Å². The summed E-state index contributed by atoms with van der Waals surface area (Å²) in [6.45, 7) is 14.3. The van der Waals surface area contributed by atoms with Crippen molar-refractivity contribution in [1.29, 1.82) is 0 Å². The van der Waals surface area contributed by atoms with Crippen molar-refractivity contribution in [1.82, 2.24) is 0 Å². The van der Waals surface area contributed by atoms with Gasteiger partial charge in [-0.2, -0.15) is 0 Å². The lowest BCUT2D eigenvalue weighted by Crippen LogP contribution is -2.43. The average molecular weight is 561 g/mol. The van der Waals surface area contributed by atoms with Crippen molar-refractivity contribution in [2.24, 2.45) is 11.8 Å². The van der Waals surface area contributed by atoms with Crippen molar-refractivity contribution in [3.05, 3.63) is 48.0 Å². The molecule has 6 heteroatoms. The van der Waals surface area contributed by atoms with Crippen LogP contribution in [0, 0.1) is 11.8 Å². The Morgan fingerprint density at radius 3 is 2.41 bits per heavy atom. The lowest BCUT2D eigenvalue weighted by Gasteiger charge is -2.39. The molecule has 0 bridgehead atoms. The third-order valence-electron chi connectivity index (χ3n) is 8.77. The number of aliphatic carboxylic acids is 1. The lowest BCUT2D eigenvalue weighted by molar-refractivity contribution is -0.137. The van der Waals surface area contributed by atoms with Crippen molar-refractivity contribution in [2.75, 3.05) is 0 Å². The van der Waals surface area contributed by atoms with Crippen LogP contribution in [0.3, 0.4) is 0 Å². The van der Waals surface area contributed by atoms with Gasteiger partial charge in [0.2, 0.25) is 0 Å². The predicted molar refractivity (Wildman–Crippen MR) is 163 cm³/mol. The Labute approximate surface area is 239 Å². The molecule has 1 aliphatic rings. The van der Waals surface area contributed by atoms with E-state index in [4.69, 9.17) is 14.3 Å². The molecule has 0 radical (unpaired) electrons. The van der Waals surface area contributed by atoms with E-state index in [0.29, 0.717) is 13.0 Å². The Hall–Kier alpha value is -1.47. The van der Waals surface area contributed by atoms with Gasteiger partial charge in [0.25, 0.3) is 0 Å². The first-order valence-electron chi connectivity index (χ1n) is 15.4. The number of carboxylic acid groups (broad SMARTS) is 1. The first-order valence-corrected chi connectivity index (χ1v) is 18.3. The van der Waals surface area contributed by atoms with Gasteiger partial charge in [-0.1, -0.05) is 109 Å². The maximum Gasteiger partial charge on any atom is 0.303 e. The van der Waals surface area contributed by atoms with Gasteiger partial charge < -0.3 is 19.4 Å². The van der Waals surface area contributed by atoms with Gasteiger partial charge in [0, 0.05) is 18.8 Å². The normalized spacial score (nSPS) is 22.9. The van der Waals surface area contributed by atoms with Crippen LogP contribution in [0.25, 0.3) is 0 Å². The fourth-order valence-corrected chi connectivity index (χ4v) is 6.64. The van der Waals surface area contributed by atoms with E-state index in [9.17, 15) is 9.90 Å². The van der Waals surface area contributed by atoms with Crippen LogP contribution in [-0.4, -0.2) is 42.8 Å². The summed E-state index contributed by atoms with van der Waals surface area (Å²) in [6, 6.07) is 10.2. The summed E-state index contributed by atoms with van der Waals surface area (Å²) in [6.07, 6.45) is 14.3. The minimum absolute atomic E-state index is 0.00808. The van der Waals surface area contributed by atoms with Crippen LogP contribution in [0.2, 0.25) is 18.1 Å². The maximum atomic E-state index is 11.2. The van der Waals surface area contributed by atoms with Crippen LogP contribution in [0.4, 0.5) is 0 Å². The smallest absolute Gasteiger partial charge is 0.303 e. The van der Waals surface area contributed by atoms with Gasteiger partial charge in [0.15, 0.2) is 8.32 Å². The Morgan fingerprint density at radius 1 is 1.08 bits per heavy atom. The Kier molecular flexibility index (Phi) is 14.5. The molecular formula is C33H56O5Si. The molecule has 5 atom stereocenters. The van der Waals surface area contributed by atoms with E-state index in [1.165, 1.54) is 12.8 Å². The number of aliphatic hydroxyl groups is 1. The Morgan fingerprint density at radius 2 is 1.77 bits per heavy atom. The molecule has 0 spiro atoms. The number of aliphatic hydroxyl groups excluding tert-OH is 1. The van der Waals surface area contributed by atoms with Gasteiger partial charge in [-0.15, -0.1) is 0 Å². The molecule has 1 aromatic carbocycles. The predicted octanol–water partition coefficient (Wildman–Crippen LogP) is 8.52. The first-order chi connectivity index (χ1) is 18.4. The molecule has 2 N–H and O–H groups in total. The fraction of sp³-hybridized carbons (Fsp3) is 0.727. The molecule has 2 rings (SSSR count). The summed E-state index contributed by atoms with van der Waals surface area (Å²) < 4.78 is 13.3. The molecule has 0 aliphatic heterocycles. The van der Waals surface area contributed by atoms with E-state index in [1.54, 1.807) is 0 Å². The zero-order chi connectivity index (χ0) is 28.9. The molecule has 1 aliphatic carbocycles. The minimum Gasteiger partial charge on any atom is -0.481 e. The van der Waals surface area contributed by atoms with E-state index in [2.05, 4.69) is 65.1 Å². The number of benzene rings is 1. The number of carboxylic acids is 1. The fourth-order valence-electron chi connectivity index (χ4n) is 5.33. The zero-order valence-corrected chi connectivity index (χ0v) is 26.5. The van der Waals surface area contributed by atoms with Crippen molar-refractivity contribution in [3.63, 3.8) is 0 Å². The molecule has 39 heavy (non-hydrogen) atoms. The third kappa shape index (κ3) is 11.9. The van der Waals surface area contributed by atoms with Gasteiger partial charge in [0.05, 0.1) is 24.9 Å². The molecule has 0 amide bonds. The highest BCUT2D eigenvalue weighted by Crippen LogP contribution is 2.41. The SMILES string of the molecule is CCCCCC(/C=C/[C@@H]1[C@@H](CCCCCCC(=O)O)[C@@H](OCc2ccccc2)C[C@H]1O)O[Si](C)(C)C(C)(C)C. The van der Waals surface area contributed by atoms with Crippen LogP contribution in [0.15, 0.2) is 42.5 Å². The summed E-state index contributed by atoms with van der Waals surface area (Å²) in [4.78, 5) is 10.8. The lowest BCUT2D eigenvalue weighted by atomic mass is 9.87. The quantitative estimate of drug-likeness (QED) is 0.107. The van der Waals surface area contributed by atoms with E-state index < -0.39 is 20.4 Å². The summed E-state index contributed by atoms with van der Waals surface area (Å²) in [5.41, 5.74) is 1.15. The second kappa shape index (κ2) is 16.7. The standard InChI is InChI=1S/C33H56O5Si/c1-7-8-12-19-27(38-39(5,6)33(2,3)4)22-23-28-29(20-15-9-10-16-21-32(35)36)31(24-30(28)34)37-25-26-17-13-11-14-18-26/h11,13-14,17-18,22-23,27-31,34H,7-10,12,15-16,19-21,24-25H2,1-6H3,(H,35,36)/b23-22+/t27?,28-,29-,30-,31+/m1/s1. The Bertz CT molecular complexity index is 847. The number of ether oxygens (including phenoxy) is 1. The van der Waals surface area contributed by atoms with Crippen LogP contribution in [0.5, 0.6) is 0 Å². The van der Waals surface area contributed by atoms with E-state index >= 15 is 0 Å². The molecule has 0 heterocycles. The highest BCUT2D eigenvalue weighted by atomic mass is 28.4. The van der Waals surface area contributed by atoms with Gasteiger partial charge >= 0.3 is 5.97 Å². The largest absolute Gasteiger partial charge is 0.481 e. The van der Waals surface area contributed by atoms with Crippen molar-refractivity contribution in [3.8, 4) is 0 Å². The second-order valence-electron chi connectivity index (χ2n) is 13.0. The van der Waals surface area contributed by atoms with Crippen LogP contribution < -0.4 is 0 Å². The topological polar surface area (TPSA) is 76.0 Å². The van der Waals surface area contributed by atoms with Gasteiger partial charge in [-0.05, 0) is 48.9 Å². The van der Waals surface area contributed by atoms with Gasteiger partial charge in [0.1, 0.15) is 0 Å². The van der Waals surface area contributed by atoms with Gasteiger partial charge in [-0.25, -0.2) is 0 Å². The van der Waals surface area contributed by atoms with Crippen molar-refractivity contribution >= 4 is 14.3 Å². The zero-order valence-electron chi connectivity index (χ0n) is 25.5. The molecule has 1 aromatic rings. The van der Waals surface area contributed by atoms with E-state index in [0.717, 1.165) is 50.5 Å². The summed E-state index contributed by atoms with van der Waals surface area (Å²) in [5.74, 6) is -0.438. The average Bonchev–Trinajstić information content (AvgIpc) is 3.16. The van der Waals surface area contributed by atoms with E-state index in [1.807, 2.05) is 18.2 Å². The number of rotatable bonds is 18. The molecule has 1 unspecified atom stereocenters. The molecule has 0 saturated heterocycles. The number of hydrogen-bond donors (Lipinski definition) is 2. The monoisotopic (exact) mass is 560 g/mol. The molecule has 0 aromatic heterocycles. The third-order valence-corrected chi connectivity index (χ3v) is 13.3. The Balaban J connectivity index is 2.13. The summed E-state index contributed by atoms with van der Waals surface area (Å²) in [7, 11) is -1.92. The van der Waals surface area contributed by atoms with Crippen LogP contribution in [-0.2, 0) is 20.6 Å². The van der Waals surface area contributed by atoms with Crippen molar-refractivity contribution < 1.29 is 24.2 Å². The number of unbranched alkanes of at least 4 members (excludes halogenated alkanes) is 5.